The zero-order valence-electron chi connectivity index (χ0n) is 14.2. The number of alkyl halides is 3. The molecule has 4 nitrogen and oxygen atoms in total. The Balaban J connectivity index is 1.70. The van der Waals surface area contributed by atoms with E-state index in [0.29, 0.717) is 24.9 Å². The number of nitrogens with zero attached hydrogens (tertiary/aromatic N) is 2. The van der Waals surface area contributed by atoms with E-state index >= 15 is 0 Å². The van der Waals surface area contributed by atoms with Crippen molar-refractivity contribution in [1.82, 2.24) is 15.2 Å². The quantitative estimate of drug-likeness (QED) is 0.845. The maximum absolute atomic E-state index is 13.8. The summed E-state index contributed by atoms with van der Waals surface area (Å²) in [6.45, 7) is 2.84. The number of fused-ring (bicyclic) bond motifs is 2. The summed E-state index contributed by atoms with van der Waals surface area (Å²) in [6, 6.07) is 6.07. The Kier molecular flexibility index (Phi) is 4.34. The summed E-state index contributed by atoms with van der Waals surface area (Å²) in [5, 5.41) is 3.33. The van der Waals surface area contributed by atoms with Crippen LogP contribution in [0.5, 0.6) is 0 Å². The molecular weight excluding hydrogens is 343 g/mol. The molecule has 0 aliphatic carbocycles. The minimum absolute atomic E-state index is 0.0262. The summed E-state index contributed by atoms with van der Waals surface area (Å²) in [6.07, 6.45) is -1.88. The predicted octanol–water partition coefficient (Wildman–Crippen LogP) is 3.33. The Morgan fingerprint density at radius 2 is 1.77 bits per heavy atom. The van der Waals surface area contributed by atoms with Crippen LogP contribution in [0.4, 0.5) is 13.2 Å². The Bertz CT molecular complexity index is 822. The minimum atomic E-state index is -4.61. The SMILES string of the molecule is O=C(c1cnc2ccccc2c1C(F)(F)F)N1CC[C@@H]2CNC[C@@H]2CC1. The average molecular weight is 363 g/mol. The van der Waals surface area contributed by atoms with Gasteiger partial charge < -0.3 is 10.2 Å². The van der Waals surface area contributed by atoms with Gasteiger partial charge in [0.1, 0.15) is 0 Å². The van der Waals surface area contributed by atoms with E-state index in [2.05, 4.69) is 10.3 Å². The topological polar surface area (TPSA) is 45.2 Å². The maximum Gasteiger partial charge on any atom is 0.417 e. The largest absolute Gasteiger partial charge is 0.417 e. The molecule has 2 atom stereocenters. The zero-order chi connectivity index (χ0) is 18.3. The minimum Gasteiger partial charge on any atom is -0.339 e. The van der Waals surface area contributed by atoms with Crippen LogP contribution < -0.4 is 5.32 Å². The maximum atomic E-state index is 13.8. The molecule has 2 aromatic rings. The van der Waals surface area contributed by atoms with Gasteiger partial charge in [-0.05, 0) is 43.8 Å². The number of carbonyl (C=O) groups is 1. The smallest absolute Gasteiger partial charge is 0.339 e. The third-order valence-electron chi connectivity index (χ3n) is 5.60. The average Bonchev–Trinajstić information content (AvgIpc) is 2.97. The van der Waals surface area contributed by atoms with Gasteiger partial charge in [0.05, 0.1) is 16.6 Å². The number of nitrogens with one attached hydrogen (secondary N) is 1. The van der Waals surface area contributed by atoms with Crippen molar-refractivity contribution < 1.29 is 18.0 Å². The van der Waals surface area contributed by atoms with E-state index in [9.17, 15) is 18.0 Å². The number of halogens is 3. The van der Waals surface area contributed by atoms with E-state index in [1.165, 1.54) is 18.2 Å². The van der Waals surface area contributed by atoms with Crippen molar-refractivity contribution in [2.45, 2.75) is 19.0 Å². The molecule has 1 N–H and O–H groups in total. The van der Waals surface area contributed by atoms with E-state index in [-0.39, 0.29) is 16.5 Å². The van der Waals surface area contributed by atoms with Gasteiger partial charge in [-0.2, -0.15) is 13.2 Å². The summed E-state index contributed by atoms with van der Waals surface area (Å²) in [7, 11) is 0. The molecule has 0 bridgehead atoms. The summed E-state index contributed by atoms with van der Waals surface area (Å²) in [5.74, 6) is 0.442. The molecule has 138 valence electrons. The van der Waals surface area contributed by atoms with Crippen LogP contribution in [0.1, 0.15) is 28.8 Å². The molecular formula is C19H20F3N3O. The fourth-order valence-corrected chi connectivity index (χ4v) is 4.20. The molecule has 3 heterocycles. The first kappa shape index (κ1) is 17.3. The molecule has 2 aliphatic heterocycles. The van der Waals surface area contributed by atoms with Crippen molar-refractivity contribution in [1.29, 1.82) is 0 Å². The van der Waals surface area contributed by atoms with Gasteiger partial charge in [-0.3, -0.25) is 9.78 Å². The Morgan fingerprint density at radius 1 is 1.12 bits per heavy atom. The fraction of sp³-hybridized carbons (Fsp3) is 0.474. The summed E-state index contributed by atoms with van der Waals surface area (Å²) in [5.41, 5.74) is -0.978. The van der Waals surface area contributed by atoms with Gasteiger partial charge in [-0.1, -0.05) is 18.2 Å². The van der Waals surface area contributed by atoms with E-state index < -0.39 is 17.6 Å². The van der Waals surface area contributed by atoms with Crippen LogP contribution in [0.15, 0.2) is 30.5 Å². The number of amides is 1. The standard InChI is InChI=1S/C19H20F3N3O/c20-19(21,22)17-14-3-1-2-4-16(14)24-11-15(17)18(26)25-7-5-12-9-23-10-13(12)6-8-25/h1-4,11-13,23H,5-10H2/t12-,13+. The highest BCUT2D eigenvalue weighted by atomic mass is 19.4. The summed E-state index contributed by atoms with van der Waals surface area (Å²) < 4.78 is 41.3. The highest BCUT2D eigenvalue weighted by Crippen LogP contribution is 2.37. The first-order valence-corrected chi connectivity index (χ1v) is 8.90. The molecule has 26 heavy (non-hydrogen) atoms. The van der Waals surface area contributed by atoms with E-state index in [1.54, 1.807) is 11.0 Å². The second kappa shape index (κ2) is 6.54. The third-order valence-corrected chi connectivity index (χ3v) is 5.60. The van der Waals surface area contributed by atoms with Gasteiger partial charge >= 0.3 is 6.18 Å². The van der Waals surface area contributed by atoms with Crippen LogP contribution in [0.2, 0.25) is 0 Å². The van der Waals surface area contributed by atoms with Gasteiger partial charge in [-0.25, -0.2) is 0 Å². The van der Waals surface area contributed by atoms with Gasteiger partial charge in [-0.15, -0.1) is 0 Å². The number of benzene rings is 1. The molecule has 4 rings (SSSR count). The predicted molar refractivity (Wildman–Crippen MR) is 91.7 cm³/mol. The van der Waals surface area contributed by atoms with Crippen molar-refractivity contribution in [3.63, 3.8) is 0 Å². The molecule has 1 aromatic carbocycles. The second-order valence-electron chi connectivity index (χ2n) is 7.11. The second-order valence-corrected chi connectivity index (χ2v) is 7.11. The summed E-state index contributed by atoms with van der Waals surface area (Å²) >= 11 is 0. The lowest BCUT2D eigenvalue weighted by Gasteiger charge is -2.23. The van der Waals surface area contributed by atoms with Gasteiger partial charge in [0.25, 0.3) is 5.91 Å². The van der Waals surface area contributed by atoms with Crippen molar-refractivity contribution in [3.05, 3.63) is 41.6 Å². The molecule has 2 saturated heterocycles. The highest BCUT2D eigenvalue weighted by Gasteiger charge is 2.39. The van der Waals surface area contributed by atoms with Crippen LogP contribution in [0.25, 0.3) is 10.9 Å². The lowest BCUT2D eigenvalue weighted by molar-refractivity contribution is -0.136. The van der Waals surface area contributed by atoms with E-state index in [0.717, 1.165) is 32.1 Å². The number of pyridine rings is 1. The molecule has 1 amide bonds. The number of para-hydroxylation sites is 1. The van der Waals surface area contributed by atoms with Crippen molar-refractivity contribution in [3.8, 4) is 0 Å². The molecule has 7 heteroatoms. The van der Waals surface area contributed by atoms with Crippen LogP contribution in [-0.2, 0) is 6.18 Å². The molecule has 0 saturated carbocycles. The lowest BCUT2D eigenvalue weighted by atomic mass is 9.92. The number of hydrogen-bond acceptors (Lipinski definition) is 3. The molecule has 2 aliphatic rings. The van der Waals surface area contributed by atoms with Crippen molar-refractivity contribution in [2.24, 2.45) is 11.8 Å². The molecule has 0 radical (unpaired) electrons. The molecule has 2 fully saturated rings. The van der Waals surface area contributed by atoms with Crippen molar-refractivity contribution >= 4 is 16.8 Å². The normalized spacial score (nSPS) is 23.7. The first-order valence-electron chi connectivity index (χ1n) is 8.90. The summed E-state index contributed by atoms with van der Waals surface area (Å²) in [4.78, 5) is 18.6. The first-order chi connectivity index (χ1) is 12.4. The highest BCUT2D eigenvalue weighted by molar-refractivity contribution is 6.00. The van der Waals surface area contributed by atoms with Crippen molar-refractivity contribution in [2.75, 3.05) is 26.2 Å². The van der Waals surface area contributed by atoms with Crippen LogP contribution in [-0.4, -0.2) is 42.0 Å². The van der Waals surface area contributed by atoms with E-state index in [4.69, 9.17) is 0 Å². The number of aromatic nitrogens is 1. The van der Waals surface area contributed by atoms with Crippen LogP contribution in [0.3, 0.4) is 0 Å². The Hall–Kier alpha value is -2.15. The van der Waals surface area contributed by atoms with Crippen LogP contribution in [0, 0.1) is 11.8 Å². The number of carbonyl (C=O) groups excluding carboxylic acids is 1. The van der Waals surface area contributed by atoms with E-state index in [1.807, 2.05) is 0 Å². The zero-order valence-corrected chi connectivity index (χ0v) is 14.2. The van der Waals surface area contributed by atoms with Gasteiger partial charge in [0, 0.05) is 24.7 Å². The Morgan fingerprint density at radius 3 is 2.42 bits per heavy atom. The number of likely N-dealkylation sites (tertiary alicyclic amines) is 1. The fourth-order valence-electron chi connectivity index (χ4n) is 4.20. The molecule has 0 unspecified atom stereocenters. The number of rotatable bonds is 1. The van der Waals surface area contributed by atoms with Gasteiger partial charge in [0.15, 0.2) is 0 Å². The third kappa shape index (κ3) is 3.05. The lowest BCUT2D eigenvalue weighted by Crippen LogP contribution is -2.34. The Labute approximate surface area is 149 Å². The number of hydrogen-bond donors (Lipinski definition) is 1. The van der Waals surface area contributed by atoms with Crippen LogP contribution >= 0.6 is 0 Å². The van der Waals surface area contributed by atoms with Gasteiger partial charge in [0.2, 0.25) is 0 Å². The molecule has 1 aromatic heterocycles. The molecule has 0 spiro atoms. The monoisotopic (exact) mass is 363 g/mol.